The molecule has 0 N–H and O–H groups in total. The predicted octanol–water partition coefficient (Wildman–Crippen LogP) is 3.73. The summed E-state index contributed by atoms with van der Waals surface area (Å²) in [6.45, 7) is 0. The van der Waals surface area contributed by atoms with Crippen LogP contribution in [-0.2, 0) is 5.33 Å². The van der Waals surface area contributed by atoms with Gasteiger partial charge in [-0.3, -0.25) is 0 Å². The van der Waals surface area contributed by atoms with Gasteiger partial charge in [-0.2, -0.15) is 0 Å². The number of aromatic nitrogens is 1. The van der Waals surface area contributed by atoms with Crippen molar-refractivity contribution in [1.29, 1.82) is 0 Å². The van der Waals surface area contributed by atoms with Crippen LogP contribution in [0.25, 0.3) is 10.9 Å². The zero-order chi connectivity index (χ0) is 11.8. The molecule has 1 aromatic heterocycles. The van der Waals surface area contributed by atoms with Gasteiger partial charge in [-0.05, 0) is 25.0 Å². The molecule has 2 nitrogen and oxygen atoms in total. The number of alkyl halides is 1. The van der Waals surface area contributed by atoms with Crippen LogP contribution in [0.3, 0.4) is 0 Å². The third-order valence-corrected chi connectivity index (χ3v) is 3.96. The van der Waals surface area contributed by atoms with Gasteiger partial charge >= 0.3 is 0 Å². The molecule has 1 aliphatic carbocycles. The van der Waals surface area contributed by atoms with Crippen LogP contribution in [0.4, 0.5) is 5.82 Å². The van der Waals surface area contributed by atoms with E-state index in [0.29, 0.717) is 6.04 Å². The maximum Gasteiger partial charge on any atom is 0.133 e. The van der Waals surface area contributed by atoms with Crippen molar-refractivity contribution in [3.63, 3.8) is 0 Å². The first-order chi connectivity index (χ1) is 8.29. The van der Waals surface area contributed by atoms with E-state index in [2.05, 4.69) is 52.1 Å². The van der Waals surface area contributed by atoms with Gasteiger partial charge in [0.05, 0.1) is 5.52 Å². The largest absolute Gasteiger partial charge is 0.356 e. The molecule has 0 aliphatic heterocycles. The number of halogens is 1. The molecule has 0 spiro atoms. The average Bonchev–Trinajstić information content (AvgIpc) is 3.20. The molecule has 0 unspecified atom stereocenters. The van der Waals surface area contributed by atoms with Crippen LogP contribution >= 0.6 is 15.9 Å². The van der Waals surface area contributed by atoms with Crippen molar-refractivity contribution < 1.29 is 0 Å². The van der Waals surface area contributed by atoms with Gasteiger partial charge < -0.3 is 4.90 Å². The molecule has 1 fully saturated rings. The number of hydrogen-bond donors (Lipinski definition) is 0. The number of anilines is 1. The highest BCUT2D eigenvalue weighted by Gasteiger charge is 2.28. The van der Waals surface area contributed by atoms with Crippen LogP contribution in [0.5, 0.6) is 0 Å². The Labute approximate surface area is 110 Å². The molecule has 3 rings (SSSR count). The molecule has 2 aromatic rings. The summed E-state index contributed by atoms with van der Waals surface area (Å²) in [4.78, 5) is 7.13. The Balaban J connectivity index is 2.14. The quantitative estimate of drug-likeness (QED) is 0.801. The highest BCUT2D eigenvalue weighted by atomic mass is 79.9. The molecular weight excluding hydrogens is 276 g/mol. The summed E-state index contributed by atoms with van der Waals surface area (Å²) in [5, 5.41) is 2.08. The number of fused-ring (bicyclic) bond motifs is 1. The van der Waals surface area contributed by atoms with E-state index >= 15 is 0 Å². The van der Waals surface area contributed by atoms with Crippen molar-refractivity contribution in [3.8, 4) is 0 Å². The van der Waals surface area contributed by atoms with Gasteiger partial charge in [-0.25, -0.2) is 4.98 Å². The fourth-order valence-electron chi connectivity index (χ4n) is 2.19. The van der Waals surface area contributed by atoms with Crippen LogP contribution in [0, 0.1) is 0 Å². The first-order valence-electron chi connectivity index (χ1n) is 5.97. The molecule has 17 heavy (non-hydrogen) atoms. The lowest BCUT2D eigenvalue weighted by Crippen LogP contribution is -2.22. The van der Waals surface area contributed by atoms with Crippen molar-refractivity contribution >= 4 is 32.7 Å². The summed E-state index contributed by atoms with van der Waals surface area (Å²) in [6.07, 6.45) is 2.60. The minimum absolute atomic E-state index is 0.696. The maximum atomic E-state index is 4.80. The molecule has 1 aromatic carbocycles. The van der Waals surface area contributed by atoms with Crippen LogP contribution in [0.15, 0.2) is 30.3 Å². The number of para-hydroxylation sites is 1. The predicted molar refractivity (Wildman–Crippen MR) is 75.8 cm³/mol. The summed E-state index contributed by atoms with van der Waals surface area (Å²) in [7, 11) is 2.15. The van der Waals surface area contributed by atoms with Crippen molar-refractivity contribution in [2.75, 3.05) is 11.9 Å². The Morgan fingerprint density at radius 1 is 1.35 bits per heavy atom. The lowest BCUT2D eigenvalue weighted by molar-refractivity contribution is 0.889. The summed E-state index contributed by atoms with van der Waals surface area (Å²) >= 11 is 3.57. The first-order valence-corrected chi connectivity index (χ1v) is 7.09. The van der Waals surface area contributed by atoms with E-state index in [0.717, 1.165) is 16.7 Å². The highest BCUT2D eigenvalue weighted by molar-refractivity contribution is 9.08. The maximum absolute atomic E-state index is 4.80. The van der Waals surface area contributed by atoms with Gasteiger partial charge in [0.2, 0.25) is 0 Å². The smallest absolute Gasteiger partial charge is 0.133 e. The van der Waals surface area contributed by atoms with E-state index in [4.69, 9.17) is 4.98 Å². The van der Waals surface area contributed by atoms with Gasteiger partial charge in [0.15, 0.2) is 0 Å². The summed E-state index contributed by atoms with van der Waals surface area (Å²) in [5.41, 5.74) is 2.36. The van der Waals surface area contributed by atoms with Crippen LogP contribution in [0.1, 0.15) is 18.4 Å². The molecular formula is C14H15BrN2. The highest BCUT2D eigenvalue weighted by Crippen LogP contribution is 2.33. The Morgan fingerprint density at radius 3 is 2.82 bits per heavy atom. The zero-order valence-corrected chi connectivity index (χ0v) is 11.4. The standard InChI is InChI=1S/C14H15BrN2/c1-17(12-6-7-12)14-11(9-15)8-10-4-2-3-5-13(10)16-14/h2-5,8,12H,6-7,9H2,1H3. The third-order valence-electron chi connectivity index (χ3n) is 3.35. The fraction of sp³-hybridized carbons (Fsp3) is 0.357. The Morgan fingerprint density at radius 2 is 2.12 bits per heavy atom. The van der Waals surface area contributed by atoms with E-state index < -0.39 is 0 Å². The second-order valence-electron chi connectivity index (χ2n) is 4.64. The number of pyridine rings is 1. The molecule has 0 amide bonds. The summed E-state index contributed by atoms with van der Waals surface area (Å²) in [5.74, 6) is 1.13. The molecule has 1 heterocycles. The summed E-state index contributed by atoms with van der Waals surface area (Å²) in [6, 6.07) is 11.2. The van der Waals surface area contributed by atoms with Gasteiger partial charge in [-0.1, -0.05) is 34.1 Å². The second-order valence-corrected chi connectivity index (χ2v) is 5.20. The molecule has 1 aliphatic rings. The average molecular weight is 291 g/mol. The number of rotatable bonds is 3. The van der Waals surface area contributed by atoms with E-state index in [-0.39, 0.29) is 0 Å². The Bertz CT molecular complexity index is 549. The van der Waals surface area contributed by atoms with E-state index in [1.54, 1.807) is 0 Å². The van der Waals surface area contributed by atoms with Crippen molar-refractivity contribution in [3.05, 3.63) is 35.9 Å². The molecule has 3 heteroatoms. The molecule has 88 valence electrons. The lowest BCUT2D eigenvalue weighted by atomic mass is 10.1. The van der Waals surface area contributed by atoms with E-state index in [9.17, 15) is 0 Å². The zero-order valence-electron chi connectivity index (χ0n) is 9.86. The van der Waals surface area contributed by atoms with Gasteiger partial charge in [0, 0.05) is 29.4 Å². The van der Waals surface area contributed by atoms with Gasteiger partial charge in [0.1, 0.15) is 5.82 Å². The van der Waals surface area contributed by atoms with Crippen LogP contribution in [-0.4, -0.2) is 18.1 Å². The summed E-state index contributed by atoms with van der Waals surface area (Å²) < 4.78 is 0. The molecule has 0 atom stereocenters. The fourth-order valence-corrected chi connectivity index (χ4v) is 2.60. The van der Waals surface area contributed by atoms with E-state index in [1.807, 2.05) is 6.07 Å². The number of nitrogens with zero attached hydrogens (tertiary/aromatic N) is 2. The SMILES string of the molecule is CN(c1nc2ccccc2cc1CBr)C1CC1. The van der Waals surface area contributed by atoms with Crippen molar-refractivity contribution in [1.82, 2.24) is 4.98 Å². The number of benzene rings is 1. The Hall–Kier alpha value is -1.09. The topological polar surface area (TPSA) is 16.1 Å². The third kappa shape index (κ3) is 2.04. The second kappa shape index (κ2) is 4.30. The molecule has 0 radical (unpaired) electrons. The number of hydrogen-bond acceptors (Lipinski definition) is 2. The monoisotopic (exact) mass is 290 g/mol. The van der Waals surface area contributed by atoms with Crippen molar-refractivity contribution in [2.45, 2.75) is 24.2 Å². The van der Waals surface area contributed by atoms with Gasteiger partial charge in [-0.15, -0.1) is 0 Å². The van der Waals surface area contributed by atoms with Crippen LogP contribution < -0.4 is 4.90 Å². The minimum atomic E-state index is 0.696. The molecule has 0 saturated heterocycles. The molecule has 0 bridgehead atoms. The van der Waals surface area contributed by atoms with Gasteiger partial charge in [0.25, 0.3) is 0 Å². The van der Waals surface area contributed by atoms with Crippen LogP contribution in [0.2, 0.25) is 0 Å². The lowest BCUT2D eigenvalue weighted by Gasteiger charge is -2.20. The minimum Gasteiger partial charge on any atom is -0.356 e. The van der Waals surface area contributed by atoms with Crippen molar-refractivity contribution in [2.24, 2.45) is 0 Å². The molecule has 1 saturated carbocycles. The normalized spacial score (nSPS) is 15.2. The van der Waals surface area contributed by atoms with E-state index in [1.165, 1.54) is 23.8 Å². The Kier molecular flexibility index (Phi) is 2.79. The first kappa shape index (κ1) is 11.0.